The van der Waals surface area contributed by atoms with Gasteiger partial charge in [0.1, 0.15) is 13.2 Å². The number of aromatic nitrogens is 2. The Balaban J connectivity index is 1.49. The first kappa shape index (κ1) is 18.0. The average Bonchev–Trinajstić information content (AvgIpc) is 2.60. The van der Waals surface area contributed by atoms with Gasteiger partial charge < -0.3 is 20.1 Å². The Hall–Kier alpha value is -2.83. The number of ether oxygens (including phenoxy) is 2. The number of rotatable bonds is 6. The van der Waals surface area contributed by atoms with E-state index in [9.17, 15) is 4.79 Å². The molecule has 0 spiro atoms. The molecule has 0 unspecified atom stereocenters. The van der Waals surface area contributed by atoms with Crippen molar-refractivity contribution in [2.75, 3.05) is 25.1 Å². The molecule has 7 nitrogen and oxygen atoms in total. The number of amides is 1. The van der Waals surface area contributed by atoms with E-state index in [4.69, 9.17) is 9.47 Å². The highest BCUT2D eigenvalue weighted by Gasteiger charge is 2.15. The van der Waals surface area contributed by atoms with Crippen molar-refractivity contribution in [2.24, 2.45) is 0 Å². The topological polar surface area (TPSA) is 85.4 Å². The van der Waals surface area contributed by atoms with Crippen molar-refractivity contribution < 1.29 is 14.3 Å². The summed E-state index contributed by atoms with van der Waals surface area (Å²) < 4.78 is 11.1. The molecule has 1 aliphatic rings. The number of anilines is 1. The third-order valence-corrected chi connectivity index (χ3v) is 4.06. The number of carbonyl (C=O) groups excluding carboxylic acids is 1. The van der Waals surface area contributed by atoms with Crippen molar-refractivity contribution in [3.05, 3.63) is 41.2 Å². The molecule has 0 saturated heterocycles. The van der Waals surface area contributed by atoms with E-state index in [1.165, 1.54) is 0 Å². The molecule has 138 valence electrons. The largest absolute Gasteiger partial charge is 0.486 e. The highest BCUT2D eigenvalue weighted by molar-refractivity contribution is 5.77. The first-order chi connectivity index (χ1) is 12.5. The molecule has 3 rings (SSSR count). The molecule has 1 aromatic heterocycles. The number of nitrogens with zero attached hydrogens (tertiary/aromatic N) is 2. The monoisotopic (exact) mass is 356 g/mol. The van der Waals surface area contributed by atoms with Gasteiger partial charge in [0, 0.05) is 24.4 Å². The second-order valence-corrected chi connectivity index (χ2v) is 6.34. The van der Waals surface area contributed by atoms with Crippen molar-refractivity contribution in [1.82, 2.24) is 15.3 Å². The van der Waals surface area contributed by atoms with Crippen molar-refractivity contribution in [3.8, 4) is 11.5 Å². The smallest absolute Gasteiger partial charge is 0.223 e. The van der Waals surface area contributed by atoms with E-state index < -0.39 is 0 Å². The molecule has 7 heteroatoms. The van der Waals surface area contributed by atoms with Crippen LogP contribution >= 0.6 is 0 Å². The third kappa shape index (κ3) is 4.62. The van der Waals surface area contributed by atoms with Crippen molar-refractivity contribution in [3.63, 3.8) is 0 Å². The molecule has 2 N–H and O–H groups in total. The molecule has 2 heterocycles. The van der Waals surface area contributed by atoms with Crippen LogP contribution in [0.4, 0.5) is 5.95 Å². The number of hydrogen-bond acceptors (Lipinski definition) is 6. The van der Waals surface area contributed by atoms with Crippen LogP contribution in [0, 0.1) is 13.8 Å². The number of carbonyl (C=O) groups is 1. The average molecular weight is 356 g/mol. The lowest BCUT2D eigenvalue weighted by Crippen LogP contribution is -2.28. The summed E-state index contributed by atoms with van der Waals surface area (Å²) in [5, 5.41) is 6.09. The number of benzene rings is 1. The van der Waals surface area contributed by atoms with Crippen LogP contribution < -0.4 is 20.1 Å². The second kappa shape index (κ2) is 8.03. The van der Waals surface area contributed by atoms with Crippen LogP contribution in [0.15, 0.2) is 24.3 Å². The molecule has 0 aliphatic carbocycles. The molecule has 0 bridgehead atoms. The Morgan fingerprint density at radius 3 is 2.54 bits per heavy atom. The minimum Gasteiger partial charge on any atom is -0.486 e. The van der Waals surface area contributed by atoms with Gasteiger partial charge in [-0.05, 0) is 44.5 Å². The Morgan fingerprint density at radius 2 is 1.81 bits per heavy atom. The van der Waals surface area contributed by atoms with E-state index in [1.54, 1.807) is 0 Å². The summed E-state index contributed by atoms with van der Waals surface area (Å²) >= 11 is 0. The number of hydrogen-bond donors (Lipinski definition) is 2. The maximum absolute atomic E-state index is 12.2. The fraction of sp³-hybridized carbons (Fsp3) is 0.421. The molecule has 1 aromatic carbocycles. The van der Waals surface area contributed by atoms with Crippen molar-refractivity contribution >= 4 is 11.9 Å². The van der Waals surface area contributed by atoms with Crippen LogP contribution in [0.5, 0.6) is 11.5 Å². The van der Waals surface area contributed by atoms with Gasteiger partial charge in [-0.15, -0.1) is 0 Å². The normalized spacial score (nSPS) is 13.8. The lowest BCUT2D eigenvalue weighted by molar-refractivity contribution is -0.121. The van der Waals surface area contributed by atoms with E-state index >= 15 is 0 Å². The van der Waals surface area contributed by atoms with E-state index in [0.29, 0.717) is 32.1 Å². The summed E-state index contributed by atoms with van der Waals surface area (Å²) in [6, 6.07) is 7.54. The van der Waals surface area contributed by atoms with E-state index in [-0.39, 0.29) is 11.9 Å². The maximum Gasteiger partial charge on any atom is 0.223 e. The summed E-state index contributed by atoms with van der Waals surface area (Å²) in [7, 11) is 0. The number of fused-ring (bicyclic) bond motifs is 1. The first-order valence-corrected chi connectivity index (χ1v) is 8.76. The van der Waals surface area contributed by atoms with Gasteiger partial charge in [-0.1, -0.05) is 6.07 Å². The van der Waals surface area contributed by atoms with Gasteiger partial charge in [0.2, 0.25) is 11.9 Å². The van der Waals surface area contributed by atoms with Crippen LogP contribution in [0.2, 0.25) is 0 Å². The van der Waals surface area contributed by atoms with Gasteiger partial charge in [-0.25, -0.2) is 9.97 Å². The molecule has 0 saturated carbocycles. The third-order valence-electron chi connectivity index (χ3n) is 4.06. The fourth-order valence-corrected chi connectivity index (χ4v) is 2.82. The number of aryl methyl sites for hydroxylation is 2. The summed E-state index contributed by atoms with van der Waals surface area (Å²) in [6.45, 7) is 7.37. The molecule has 2 aromatic rings. The lowest BCUT2D eigenvalue weighted by Gasteiger charge is -2.21. The second-order valence-electron chi connectivity index (χ2n) is 6.34. The molecule has 26 heavy (non-hydrogen) atoms. The van der Waals surface area contributed by atoms with Gasteiger partial charge in [0.05, 0.1) is 6.04 Å². The Labute approximate surface area is 153 Å². The van der Waals surface area contributed by atoms with Crippen molar-refractivity contribution in [1.29, 1.82) is 0 Å². The number of nitrogens with one attached hydrogen (secondary N) is 2. The lowest BCUT2D eigenvalue weighted by atomic mass is 10.1. The zero-order valence-electron chi connectivity index (χ0n) is 15.3. The van der Waals surface area contributed by atoms with Gasteiger partial charge in [0.25, 0.3) is 0 Å². The Kier molecular flexibility index (Phi) is 5.55. The quantitative estimate of drug-likeness (QED) is 0.827. The summed E-state index contributed by atoms with van der Waals surface area (Å²) in [5.74, 6) is 1.99. The van der Waals surface area contributed by atoms with Gasteiger partial charge in [-0.2, -0.15) is 0 Å². The van der Waals surface area contributed by atoms with E-state index in [1.807, 2.05) is 45.0 Å². The highest BCUT2D eigenvalue weighted by atomic mass is 16.6. The molecule has 0 radical (unpaired) electrons. The maximum atomic E-state index is 12.2. The minimum absolute atomic E-state index is 0.0377. The molecule has 1 aliphatic heterocycles. The summed E-state index contributed by atoms with van der Waals surface area (Å²) in [4.78, 5) is 20.8. The van der Waals surface area contributed by atoms with Crippen LogP contribution in [0.3, 0.4) is 0 Å². The minimum atomic E-state index is -0.115. The van der Waals surface area contributed by atoms with Crippen LogP contribution in [-0.2, 0) is 4.79 Å². The molecule has 1 amide bonds. The van der Waals surface area contributed by atoms with Crippen LogP contribution in [0.25, 0.3) is 0 Å². The molecule has 1 atom stereocenters. The van der Waals surface area contributed by atoms with E-state index in [2.05, 4.69) is 20.6 Å². The molecular weight excluding hydrogens is 332 g/mol. The SMILES string of the molecule is Cc1cc(C)nc(NCCC(=O)N[C@@H](C)c2ccc3c(c2)OCCO3)n1. The Bertz CT molecular complexity index is 774. The van der Waals surface area contributed by atoms with Gasteiger partial charge in [0.15, 0.2) is 11.5 Å². The summed E-state index contributed by atoms with van der Waals surface area (Å²) in [6.07, 6.45) is 0.339. The predicted octanol–water partition coefficient (Wildman–Crippen LogP) is 2.54. The van der Waals surface area contributed by atoms with Gasteiger partial charge in [-0.3, -0.25) is 4.79 Å². The highest BCUT2D eigenvalue weighted by Crippen LogP contribution is 2.32. The first-order valence-electron chi connectivity index (χ1n) is 8.76. The fourth-order valence-electron chi connectivity index (χ4n) is 2.82. The van der Waals surface area contributed by atoms with Crippen LogP contribution in [-0.4, -0.2) is 35.6 Å². The van der Waals surface area contributed by atoms with E-state index in [0.717, 1.165) is 28.5 Å². The van der Waals surface area contributed by atoms with Crippen molar-refractivity contribution in [2.45, 2.75) is 33.2 Å². The zero-order valence-corrected chi connectivity index (χ0v) is 15.3. The van der Waals surface area contributed by atoms with Crippen LogP contribution in [0.1, 0.15) is 36.3 Å². The molecule has 0 fully saturated rings. The zero-order chi connectivity index (χ0) is 18.5. The van der Waals surface area contributed by atoms with Gasteiger partial charge >= 0.3 is 0 Å². The predicted molar refractivity (Wildman–Crippen MR) is 98.6 cm³/mol. The summed E-state index contributed by atoms with van der Waals surface area (Å²) in [5.41, 5.74) is 2.78. The standard InChI is InChI=1S/C19H24N4O3/c1-12-10-13(2)22-19(21-12)20-7-6-18(24)23-14(3)15-4-5-16-17(11-15)26-9-8-25-16/h4-5,10-11,14H,6-9H2,1-3H3,(H,23,24)(H,20,21,22)/t14-/m0/s1. The Morgan fingerprint density at radius 1 is 1.12 bits per heavy atom. The molecular formula is C19H24N4O3.